The van der Waals surface area contributed by atoms with Gasteiger partial charge < -0.3 is 20.9 Å². The van der Waals surface area contributed by atoms with Gasteiger partial charge >= 0.3 is 5.97 Å². The lowest BCUT2D eigenvalue weighted by Crippen LogP contribution is -2.51. The van der Waals surface area contributed by atoms with Gasteiger partial charge in [-0.2, -0.15) is 0 Å². The summed E-state index contributed by atoms with van der Waals surface area (Å²) in [4.78, 5) is 21.7. The molecule has 0 aromatic heterocycles. The highest BCUT2D eigenvalue weighted by Crippen LogP contribution is 1.96. The largest absolute Gasteiger partial charge is 0.479 e. The summed E-state index contributed by atoms with van der Waals surface area (Å²) in [5.74, 6) is -1.54. The second kappa shape index (κ2) is 4.92. The lowest BCUT2D eigenvalue weighted by molar-refractivity contribution is -0.148. The number of rotatable bonds is 5. The highest BCUT2D eigenvalue weighted by Gasteiger charge is 2.24. The Hall–Kier alpha value is -1.14. The van der Waals surface area contributed by atoms with Crippen LogP contribution in [-0.2, 0) is 14.3 Å². The van der Waals surface area contributed by atoms with Crippen LogP contribution in [0, 0.1) is 0 Å². The first kappa shape index (κ1) is 12.9. The van der Waals surface area contributed by atoms with Crippen LogP contribution in [0.4, 0.5) is 0 Å². The van der Waals surface area contributed by atoms with E-state index in [4.69, 9.17) is 10.8 Å². The molecular formula is C8H16N2O4. The molecule has 4 N–H and O–H groups in total. The Morgan fingerprint density at radius 1 is 1.57 bits per heavy atom. The molecule has 0 radical (unpaired) electrons. The fourth-order valence-corrected chi connectivity index (χ4v) is 0.685. The van der Waals surface area contributed by atoms with E-state index in [1.54, 1.807) is 0 Å². The van der Waals surface area contributed by atoms with Crippen LogP contribution in [0.1, 0.15) is 13.8 Å². The highest BCUT2D eigenvalue weighted by molar-refractivity contribution is 5.85. The lowest BCUT2D eigenvalue weighted by atomic mass is 10.1. The van der Waals surface area contributed by atoms with Gasteiger partial charge in [0.2, 0.25) is 5.91 Å². The summed E-state index contributed by atoms with van der Waals surface area (Å²) >= 11 is 0. The van der Waals surface area contributed by atoms with Crippen LogP contribution >= 0.6 is 0 Å². The maximum Gasteiger partial charge on any atom is 0.334 e. The Balaban J connectivity index is 4.05. The molecule has 82 valence electrons. The van der Waals surface area contributed by atoms with Crippen molar-refractivity contribution >= 4 is 11.9 Å². The summed E-state index contributed by atoms with van der Waals surface area (Å²) in [5, 5.41) is 11.0. The van der Waals surface area contributed by atoms with Crippen molar-refractivity contribution in [2.75, 3.05) is 13.7 Å². The Morgan fingerprint density at radius 2 is 2.07 bits per heavy atom. The van der Waals surface area contributed by atoms with Crippen LogP contribution in [0.3, 0.4) is 0 Å². The van der Waals surface area contributed by atoms with Crippen molar-refractivity contribution < 1.29 is 19.4 Å². The minimum Gasteiger partial charge on any atom is -0.479 e. The maximum atomic E-state index is 11.2. The molecule has 0 aliphatic heterocycles. The van der Waals surface area contributed by atoms with E-state index in [0.29, 0.717) is 0 Å². The average molecular weight is 204 g/mol. The zero-order chi connectivity index (χ0) is 11.4. The Labute approximate surface area is 82.4 Å². The van der Waals surface area contributed by atoms with E-state index >= 15 is 0 Å². The number of carbonyl (C=O) groups is 2. The number of carboxylic acids is 1. The van der Waals surface area contributed by atoms with E-state index in [9.17, 15) is 9.59 Å². The van der Waals surface area contributed by atoms with Gasteiger partial charge in [-0.1, -0.05) is 0 Å². The zero-order valence-electron chi connectivity index (χ0n) is 8.53. The van der Waals surface area contributed by atoms with Crippen molar-refractivity contribution in [1.82, 2.24) is 5.32 Å². The molecule has 1 amide bonds. The van der Waals surface area contributed by atoms with Gasteiger partial charge in [0.25, 0.3) is 0 Å². The third-order valence-electron chi connectivity index (χ3n) is 1.59. The molecule has 14 heavy (non-hydrogen) atoms. The van der Waals surface area contributed by atoms with E-state index in [1.807, 2.05) is 0 Å². The van der Waals surface area contributed by atoms with Crippen molar-refractivity contribution in [3.63, 3.8) is 0 Å². The third kappa shape index (κ3) is 4.20. The number of nitrogens with one attached hydrogen (secondary N) is 1. The number of carboxylic acid groups (broad SMARTS) is 1. The Kier molecular flexibility index (Phi) is 4.52. The van der Waals surface area contributed by atoms with Crippen molar-refractivity contribution in [3.05, 3.63) is 0 Å². The molecule has 0 aliphatic rings. The minimum absolute atomic E-state index is 0.0920. The van der Waals surface area contributed by atoms with Gasteiger partial charge in [0.15, 0.2) is 6.10 Å². The van der Waals surface area contributed by atoms with Gasteiger partial charge in [0, 0.05) is 7.11 Å². The van der Waals surface area contributed by atoms with Crippen LogP contribution in [0.2, 0.25) is 0 Å². The zero-order valence-corrected chi connectivity index (χ0v) is 8.53. The average Bonchev–Trinajstić information content (AvgIpc) is 2.02. The molecule has 0 bridgehead atoms. The molecule has 6 nitrogen and oxygen atoms in total. The van der Waals surface area contributed by atoms with Crippen LogP contribution < -0.4 is 11.1 Å². The predicted molar refractivity (Wildman–Crippen MR) is 49.7 cm³/mol. The minimum atomic E-state index is -1.12. The first-order valence-corrected chi connectivity index (χ1v) is 4.11. The van der Waals surface area contributed by atoms with Crippen LogP contribution in [0.15, 0.2) is 0 Å². The van der Waals surface area contributed by atoms with Crippen LogP contribution in [0.5, 0.6) is 0 Å². The molecule has 0 aliphatic carbocycles. The molecule has 1 atom stereocenters. The van der Waals surface area contributed by atoms with Gasteiger partial charge in [0.1, 0.15) is 0 Å². The van der Waals surface area contributed by atoms with Gasteiger partial charge in [-0.15, -0.1) is 0 Å². The van der Waals surface area contributed by atoms with Crippen molar-refractivity contribution in [2.45, 2.75) is 25.5 Å². The molecule has 6 heteroatoms. The van der Waals surface area contributed by atoms with Gasteiger partial charge in [-0.05, 0) is 13.8 Å². The molecule has 0 saturated heterocycles. The Bertz CT molecular complexity index is 222. The number of hydrogen-bond acceptors (Lipinski definition) is 4. The monoisotopic (exact) mass is 204 g/mol. The molecule has 0 fully saturated rings. The molecular weight excluding hydrogens is 188 g/mol. The second-order valence-corrected chi connectivity index (χ2v) is 3.49. The quantitative estimate of drug-likeness (QED) is 0.530. The van der Waals surface area contributed by atoms with E-state index in [0.717, 1.165) is 0 Å². The van der Waals surface area contributed by atoms with Crippen molar-refractivity contribution in [1.29, 1.82) is 0 Å². The maximum absolute atomic E-state index is 11.2. The van der Waals surface area contributed by atoms with E-state index in [1.165, 1.54) is 21.0 Å². The predicted octanol–water partition coefficient (Wildman–Crippen LogP) is -1.06. The van der Waals surface area contributed by atoms with Gasteiger partial charge in [0.05, 0.1) is 12.1 Å². The van der Waals surface area contributed by atoms with Crippen LogP contribution in [-0.4, -0.2) is 42.3 Å². The summed E-state index contributed by atoms with van der Waals surface area (Å²) in [6.07, 6.45) is -1.04. The van der Waals surface area contributed by atoms with E-state index < -0.39 is 23.5 Å². The number of carbonyl (C=O) groups excluding carboxylic acids is 1. The third-order valence-corrected chi connectivity index (χ3v) is 1.59. The molecule has 0 aromatic carbocycles. The van der Waals surface area contributed by atoms with E-state index in [-0.39, 0.29) is 6.54 Å². The summed E-state index contributed by atoms with van der Waals surface area (Å²) in [6.45, 7) is 2.97. The summed E-state index contributed by atoms with van der Waals surface area (Å²) in [5.41, 5.74) is 4.47. The molecule has 0 aromatic rings. The van der Waals surface area contributed by atoms with Crippen molar-refractivity contribution in [3.8, 4) is 0 Å². The number of nitrogens with two attached hydrogens (primary N) is 1. The molecule has 0 rings (SSSR count). The molecule has 0 saturated carbocycles. The fourth-order valence-electron chi connectivity index (χ4n) is 0.685. The SMILES string of the molecule is COC(CNC(=O)C(C)(C)N)C(=O)O. The first-order chi connectivity index (χ1) is 6.29. The lowest BCUT2D eigenvalue weighted by Gasteiger charge is -2.19. The topological polar surface area (TPSA) is 102 Å². The number of aliphatic carboxylic acids is 1. The number of amides is 1. The summed E-state index contributed by atoms with van der Waals surface area (Å²) in [6, 6.07) is 0. The number of ether oxygens (including phenoxy) is 1. The number of methoxy groups -OCH3 is 1. The summed E-state index contributed by atoms with van der Waals surface area (Å²) in [7, 11) is 1.26. The van der Waals surface area contributed by atoms with Crippen molar-refractivity contribution in [2.24, 2.45) is 5.73 Å². The second-order valence-electron chi connectivity index (χ2n) is 3.49. The highest BCUT2D eigenvalue weighted by atomic mass is 16.5. The molecule has 1 unspecified atom stereocenters. The standard InChI is InChI=1S/C8H16N2O4/c1-8(2,9)7(13)10-4-5(14-3)6(11)12/h5H,4,9H2,1-3H3,(H,10,13)(H,11,12). The van der Waals surface area contributed by atoms with Crippen LogP contribution in [0.25, 0.3) is 0 Å². The molecule has 0 spiro atoms. The molecule has 0 heterocycles. The fraction of sp³-hybridized carbons (Fsp3) is 0.750. The Morgan fingerprint density at radius 3 is 2.36 bits per heavy atom. The smallest absolute Gasteiger partial charge is 0.334 e. The van der Waals surface area contributed by atoms with Gasteiger partial charge in [-0.25, -0.2) is 4.79 Å². The van der Waals surface area contributed by atoms with Gasteiger partial charge in [-0.3, -0.25) is 4.79 Å². The first-order valence-electron chi connectivity index (χ1n) is 4.11. The number of hydrogen-bond donors (Lipinski definition) is 3. The summed E-state index contributed by atoms with van der Waals surface area (Å²) < 4.78 is 4.62. The normalized spacial score (nSPS) is 13.4. The van der Waals surface area contributed by atoms with E-state index in [2.05, 4.69) is 10.1 Å².